The fraction of sp³-hybridized carbons (Fsp3) is 0.308. The van der Waals surface area contributed by atoms with Crippen LogP contribution in [0.2, 0.25) is 0 Å². The Labute approximate surface area is 116 Å². The van der Waals surface area contributed by atoms with Crippen LogP contribution in [0, 0.1) is 6.92 Å². The van der Waals surface area contributed by atoms with Gasteiger partial charge >= 0.3 is 0 Å². The van der Waals surface area contributed by atoms with Gasteiger partial charge in [0.1, 0.15) is 11.5 Å². The van der Waals surface area contributed by atoms with Gasteiger partial charge in [-0.05, 0) is 26.0 Å². The summed E-state index contributed by atoms with van der Waals surface area (Å²) < 4.78 is 0. The molecule has 6 heteroatoms. The summed E-state index contributed by atoms with van der Waals surface area (Å²) >= 11 is 1.67. The molecule has 0 aliphatic carbocycles. The van der Waals surface area contributed by atoms with Gasteiger partial charge in [0.25, 0.3) is 5.91 Å². The van der Waals surface area contributed by atoms with Crippen molar-refractivity contribution in [1.29, 1.82) is 0 Å². The molecule has 100 valence electrons. The molecule has 0 fully saturated rings. The van der Waals surface area contributed by atoms with Gasteiger partial charge in [0.15, 0.2) is 0 Å². The second-order valence-corrected chi connectivity index (χ2v) is 5.38. The van der Waals surface area contributed by atoms with E-state index in [1.165, 1.54) is 11.1 Å². The Morgan fingerprint density at radius 2 is 2.16 bits per heavy atom. The zero-order valence-electron chi connectivity index (χ0n) is 10.9. The molecule has 0 saturated heterocycles. The monoisotopic (exact) mass is 276 g/mol. The average molecular weight is 276 g/mol. The Morgan fingerprint density at radius 1 is 1.32 bits per heavy atom. The molecule has 0 aromatic carbocycles. The maximum atomic E-state index is 11.9. The third-order valence-electron chi connectivity index (χ3n) is 2.46. The summed E-state index contributed by atoms with van der Waals surface area (Å²) in [7, 11) is 0. The van der Waals surface area contributed by atoms with Gasteiger partial charge < -0.3 is 10.6 Å². The second kappa shape index (κ2) is 6.29. The first-order valence-electron chi connectivity index (χ1n) is 6.08. The molecule has 0 aliphatic heterocycles. The highest BCUT2D eigenvalue weighted by Crippen LogP contribution is 2.14. The molecule has 1 amide bonds. The number of carbonyl (C=O) groups excluding carboxylic acids is 1. The van der Waals surface area contributed by atoms with Crippen LogP contribution in [-0.4, -0.2) is 22.4 Å². The van der Waals surface area contributed by atoms with Crippen molar-refractivity contribution in [3.63, 3.8) is 0 Å². The SMILES string of the molecule is CCNc1cnc(C(=O)NCc2ccc(C)s2)cn1. The van der Waals surface area contributed by atoms with Crippen molar-refractivity contribution < 1.29 is 4.79 Å². The Balaban J connectivity index is 1.92. The fourth-order valence-electron chi connectivity index (χ4n) is 1.56. The third-order valence-corrected chi connectivity index (χ3v) is 3.46. The zero-order valence-corrected chi connectivity index (χ0v) is 11.8. The fourth-order valence-corrected chi connectivity index (χ4v) is 2.39. The molecule has 2 aromatic heterocycles. The Morgan fingerprint density at radius 3 is 2.74 bits per heavy atom. The van der Waals surface area contributed by atoms with Crippen molar-refractivity contribution in [1.82, 2.24) is 15.3 Å². The van der Waals surface area contributed by atoms with E-state index < -0.39 is 0 Å². The number of amides is 1. The molecule has 2 rings (SSSR count). The average Bonchev–Trinajstić information content (AvgIpc) is 2.83. The molecule has 0 radical (unpaired) electrons. The van der Waals surface area contributed by atoms with Crippen molar-refractivity contribution in [2.24, 2.45) is 0 Å². The maximum absolute atomic E-state index is 11.9. The highest BCUT2D eigenvalue weighted by atomic mass is 32.1. The number of nitrogens with zero attached hydrogens (tertiary/aromatic N) is 2. The van der Waals surface area contributed by atoms with Crippen molar-refractivity contribution in [3.8, 4) is 0 Å². The van der Waals surface area contributed by atoms with E-state index in [1.807, 2.05) is 26.0 Å². The highest BCUT2D eigenvalue weighted by molar-refractivity contribution is 7.11. The van der Waals surface area contributed by atoms with E-state index in [0.29, 0.717) is 18.1 Å². The minimum absolute atomic E-state index is 0.207. The number of nitrogens with one attached hydrogen (secondary N) is 2. The number of hydrogen-bond acceptors (Lipinski definition) is 5. The van der Waals surface area contributed by atoms with Crippen LogP contribution in [0.5, 0.6) is 0 Å². The summed E-state index contributed by atoms with van der Waals surface area (Å²) in [5.74, 6) is 0.467. The number of aryl methyl sites for hydroxylation is 1. The van der Waals surface area contributed by atoms with E-state index >= 15 is 0 Å². The second-order valence-electron chi connectivity index (χ2n) is 4.01. The first-order chi connectivity index (χ1) is 9.19. The van der Waals surface area contributed by atoms with Crippen LogP contribution in [0.15, 0.2) is 24.5 Å². The number of thiophene rings is 1. The molecule has 0 unspecified atom stereocenters. The van der Waals surface area contributed by atoms with Gasteiger partial charge in [0, 0.05) is 16.3 Å². The molecule has 0 spiro atoms. The predicted molar refractivity (Wildman–Crippen MR) is 76.4 cm³/mol. The molecule has 2 heterocycles. The highest BCUT2D eigenvalue weighted by Gasteiger charge is 2.08. The predicted octanol–water partition coefficient (Wildman–Crippen LogP) is 2.21. The lowest BCUT2D eigenvalue weighted by Crippen LogP contribution is -2.23. The maximum Gasteiger partial charge on any atom is 0.271 e. The molecule has 5 nitrogen and oxygen atoms in total. The van der Waals surface area contributed by atoms with Crippen molar-refractivity contribution in [2.45, 2.75) is 20.4 Å². The van der Waals surface area contributed by atoms with Gasteiger partial charge in [-0.2, -0.15) is 0 Å². The van der Waals surface area contributed by atoms with Crippen molar-refractivity contribution in [2.75, 3.05) is 11.9 Å². The first-order valence-corrected chi connectivity index (χ1v) is 6.90. The van der Waals surface area contributed by atoms with Crippen LogP contribution in [-0.2, 0) is 6.54 Å². The number of hydrogen-bond donors (Lipinski definition) is 2. The van der Waals surface area contributed by atoms with E-state index in [4.69, 9.17) is 0 Å². The van der Waals surface area contributed by atoms with Gasteiger partial charge in [0.05, 0.1) is 18.9 Å². The third kappa shape index (κ3) is 3.75. The van der Waals surface area contributed by atoms with Crippen LogP contribution in [0.25, 0.3) is 0 Å². The zero-order chi connectivity index (χ0) is 13.7. The minimum atomic E-state index is -0.207. The molecule has 0 saturated carbocycles. The molecule has 0 bridgehead atoms. The normalized spacial score (nSPS) is 10.2. The van der Waals surface area contributed by atoms with Crippen molar-refractivity contribution >= 4 is 23.1 Å². The molecule has 0 aliphatic rings. The summed E-state index contributed by atoms with van der Waals surface area (Å²) in [6, 6.07) is 4.05. The summed E-state index contributed by atoms with van der Waals surface area (Å²) in [5.41, 5.74) is 0.329. The first kappa shape index (κ1) is 13.5. The van der Waals surface area contributed by atoms with Crippen molar-refractivity contribution in [3.05, 3.63) is 40.0 Å². The van der Waals surface area contributed by atoms with E-state index in [9.17, 15) is 4.79 Å². The molecular formula is C13H16N4OS. The standard InChI is InChI=1S/C13H16N4OS/c1-3-14-12-8-15-11(7-16-12)13(18)17-6-10-5-4-9(2)19-10/h4-5,7-8H,3,6H2,1-2H3,(H,14,16)(H,17,18). The molecule has 19 heavy (non-hydrogen) atoms. The van der Waals surface area contributed by atoms with E-state index in [2.05, 4.69) is 20.6 Å². The number of aromatic nitrogens is 2. The van der Waals surface area contributed by atoms with E-state index in [1.54, 1.807) is 17.5 Å². The van der Waals surface area contributed by atoms with Gasteiger partial charge in [-0.1, -0.05) is 0 Å². The lowest BCUT2D eigenvalue weighted by Gasteiger charge is -2.04. The van der Waals surface area contributed by atoms with Gasteiger partial charge in [-0.3, -0.25) is 4.79 Å². The summed E-state index contributed by atoms with van der Waals surface area (Å²) in [6.45, 7) is 5.32. The Kier molecular flexibility index (Phi) is 4.46. The van der Waals surface area contributed by atoms with Gasteiger partial charge in [0.2, 0.25) is 0 Å². The Bertz CT molecular complexity index is 550. The minimum Gasteiger partial charge on any atom is -0.369 e. The number of carbonyl (C=O) groups is 1. The lowest BCUT2D eigenvalue weighted by atomic mass is 10.4. The summed E-state index contributed by atoms with van der Waals surface area (Å²) in [4.78, 5) is 22.4. The lowest BCUT2D eigenvalue weighted by molar-refractivity contribution is 0.0946. The summed E-state index contributed by atoms with van der Waals surface area (Å²) in [6.07, 6.45) is 3.04. The largest absolute Gasteiger partial charge is 0.369 e. The molecule has 2 aromatic rings. The van der Waals surface area contributed by atoms with Gasteiger partial charge in [-0.15, -0.1) is 11.3 Å². The number of rotatable bonds is 5. The molecule has 0 atom stereocenters. The van der Waals surface area contributed by atoms with E-state index in [-0.39, 0.29) is 5.91 Å². The van der Waals surface area contributed by atoms with Crippen LogP contribution >= 0.6 is 11.3 Å². The molecular weight excluding hydrogens is 260 g/mol. The van der Waals surface area contributed by atoms with Crippen LogP contribution < -0.4 is 10.6 Å². The van der Waals surface area contributed by atoms with Crippen LogP contribution in [0.1, 0.15) is 27.2 Å². The smallest absolute Gasteiger partial charge is 0.271 e. The molecule has 2 N–H and O–H groups in total. The quantitative estimate of drug-likeness (QED) is 0.878. The van der Waals surface area contributed by atoms with Crippen LogP contribution in [0.3, 0.4) is 0 Å². The van der Waals surface area contributed by atoms with E-state index in [0.717, 1.165) is 11.4 Å². The van der Waals surface area contributed by atoms with Crippen LogP contribution in [0.4, 0.5) is 5.82 Å². The number of anilines is 1. The topological polar surface area (TPSA) is 66.9 Å². The Hall–Kier alpha value is -1.95. The van der Waals surface area contributed by atoms with Gasteiger partial charge in [-0.25, -0.2) is 9.97 Å². The summed E-state index contributed by atoms with van der Waals surface area (Å²) in [5, 5.41) is 5.86.